The van der Waals surface area contributed by atoms with Crippen LogP contribution in [0.1, 0.15) is 28.8 Å². The molecule has 0 radical (unpaired) electrons. The van der Waals surface area contributed by atoms with Gasteiger partial charge in [-0.05, 0) is 49.9 Å². The number of benzene rings is 1. The molecule has 1 heterocycles. The Balaban J connectivity index is 0.00000180. The number of amides is 1. The minimum atomic E-state index is -0.326. The Labute approximate surface area is 119 Å². The molecule has 0 bridgehead atoms. The number of nitrogens with two attached hydrogens (primary N) is 1. The molecule has 1 fully saturated rings. The second-order valence-corrected chi connectivity index (χ2v) is 4.96. The highest BCUT2D eigenvalue weighted by atomic mass is 35.5. The van der Waals surface area contributed by atoms with Gasteiger partial charge in [0.2, 0.25) is 0 Å². The molecule has 1 aromatic carbocycles. The van der Waals surface area contributed by atoms with Crippen LogP contribution in [0.5, 0.6) is 0 Å². The molecule has 0 aliphatic carbocycles. The van der Waals surface area contributed by atoms with Crippen LogP contribution < -0.4 is 5.73 Å². The summed E-state index contributed by atoms with van der Waals surface area (Å²) >= 11 is 0. The zero-order valence-corrected chi connectivity index (χ0v) is 11.9. The maximum Gasteiger partial charge on any atom is 0.253 e. The fourth-order valence-corrected chi connectivity index (χ4v) is 2.35. The van der Waals surface area contributed by atoms with E-state index in [0.717, 1.165) is 19.4 Å². The lowest BCUT2D eigenvalue weighted by Crippen LogP contribution is -2.42. The lowest BCUT2D eigenvalue weighted by molar-refractivity contribution is 0.0677. The van der Waals surface area contributed by atoms with E-state index in [-0.39, 0.29) is 24.1 Å². The number of rotatable bonds is 2. The van der Waals surface area contributed by atoms with Crippen LogP contribution in [0.25, 0.3) is 0 Å². The van der Waals surface area contributed by atoms with Crippen LogP contribution in [-0.2, 0) is 0 Å². The second-order valence-electron chi connectivity index (χ2n) is 4.96. The Morgan fingerprint density at radius 3 is 2.89 bits per heavy atom. The molecule has 1 unspecified atom stereocenters. The van der Waals surface area contributed by atoms with Gasteiger partial charge in [0.1, 0.15) is 5.82 Å². The molecule has 1 saturated heterocycles. The summed E-state index contributed by atoms with van der Waals surface area (Å²) in [5.74, 6) is -0.0433. The molecular weight excluding hydrogens is 267 g/mol. The molecule has 1 atom stereocenters. The van der Waals surface area contributed by atoms with Gasteiger partial charge in [0.15, 0.2) is 0 Å². The maximum atomic E-state index is 13.5. The number of carbonyl (C=O) groups excluding carboxylic acids is 1. The molecule has 1 aliphatic heterocycles. The van der Waals surface area contributed by atoms with Crippen LogP contribution >= 0.6 is 12.4 Å². The van der Waals surface area contributed by atoms with E-state index >= 15 is 0 Å². The number of piperidine rings is 1. The standard InChI is InChI=1S/C14H19FN2O.ClH/c1-10-4-5-12(7-13(10)15)14(18)17-6-2-3-11(8-16)9-17;/h4-5,7,11H,2-3,6,8-9,16H2,1H3;1H. The number of hydrogen-bond acceptors (Lipinski definition) is 2. The Hall–Kier alpha value is -1.13. The van der Waals surface area contributed by atoms with Crippen molar-refractivity contribution in [3.63, 3.8) is 0 Å². The lowest BCUT2D eigenvalue weighted by atomic mass is 9.97. The van der Waals surface area contributed by atoms with Gasteiger partial charge in [0.25, 0.3) is 5.91 Å². The van der Waals surface area contributed by atoms with Crippen molar-refractivity contribution < 1.29 is 9.18 Å². The van der Waals surface area contributed by atoms with E-state index in [1.807, 2.05) is 0 Å². The van der Waals surface area contributed by atoms with Crippen molar-refractivity contribution in [3.05, 3.63) is 35.1 Å². The highest BCUT2D eigenvalue weighted by Crippen LogP contribution is 2.18. The van der Waals surface area contributed by atoms with Crippen molar-refractivity contribution in [1.29, 1.82) is 0 Å². The van der Waals surface area contributed by atoms with Gasteiger partial charge >= 0.3 is 0 Å². The molecule has 0 saturated carbocycles. The lowest BCUT2D eigenvalue weighted by Gasteiger charge is -2.32. The number of nitrogens with zero attached hydrogens (tertiary/aromatic N) is 1. The van der Waals surface area contributed by atoms with Gasteiger partial charge in [-0.15, -0.1) is 12.4 Å². The maximum absolute atomic E-state index is 13.5. The summed E-state index contributed by atoms with van der Waals surface area (Å²) in [5, 5.41) is 0. The third-order valence-corrected chi connectivity index (χ3v) is 3.56. The van der Waals surface area contributed by atoms with E-state index in [4.69, 9.17) is 5.73 Å². The van der Waals surface area contributed by atoms with Crippen LogP contribution in [-0.4, -0.2) is 30.4 Å². The summed E-state index contributed by atoms with van der Waals surface area (Å²) < 4.78 is 13.5. The number of carbonyl (C=O) groups is 1. The first-order valence-electron chi connectivity index (χ1n) is 6.37. The summed E-state index contributed by atoms with van der Waals surface area (Å²) in [6, 6.07) is 4.66. The molecule has 2 N–H and O–H groups in total. The van der Waals surface area contributed by atoms with Gasteiger partial charge in [0.05, 0.1) is 0 Å². The van der Waals surface area contributed by atoms with Gasteiger partial charge in [-0.25, -0.2) is 4.39 Å². The molecule has 2 rings (SSSR count). The Morgan fingerprint density at radius 1 is 1.53 bits per heavy atom. The van der Waals surface area contributed by atoms with Crippen molar-refractivity contribution in [2.24, 2.45) is 11.7 Å². The van der Waals surface area contributed by atoms with Gasteiger partial charge in [-0.1, -0.05) is 6.07 Å². The summed E-state index contributed by atoms with van der Waals surface area (Å²) in [5.41, 5.74) is 6.64. The molecule has 106 valence electrons. The van der Waals surface area contributed by atoms with E-state index in [9.17, 15) is 9.18 Å². The van der Waals surface area contributed by atoms with E-state index < -0.39 is 0 Å². The van der Waals surface area contributed by atoms with Crippen LogP contribution in [0.2, 0.25) is 0 Å². The number of likely N-dealkylation sites (tertiary alicyclic amines) is 1. The predicted molar refractivity (Wildman–Crippen MR) is 76.1 cm³/mol. The van der Waals surface area contributed by atoms with Crippen molar-refractivity contribution in [2.75, 3.05) is 19.6 Å². The van der Waals surface area contributed by atoms with Crippen LogP contribution in [0, 0.1) is 18.7 Å². The first-order valence-corrected chi connectivity index (χ1v) is 6.37. The van der Waals surface area contributed by atoms with Crippen LogP contribution in [0.3, 0.4) is 0 Å². The molecule has 0 spiro atoms. The molecule has 5 heteroatoms. The predicted octanol–water partition coefficient (Wildman–Crippen LogP) is 2.37. The minimum absolute atomic E-state index is 0. The number of aryl methyl sites for hydroxylation is 1. The van der Waals surface area contributed by atoms with Crippen molar-refractivity contribution >= 4 is 18.3 Å². The van der Waals surface area contributed by atoms with Crippen molar-refractivity contribution in [2.45, 2.75) is 19.8 Å². The minimum Gasteiger partial charge on any atom is -0.338 e. The molecule has 1 aromatic rings. The molecule has 1 aliphatic rings. The highest BCUT2D eigenvalue weighted by Gasteiger charge is 2.23. The molecular formula is C14H20ClFN2O. The quantitative estimate of drug-likeness (QED) is 0.907. The smallest absolute Gasteiger partial charge is 0.253 e. The average molecular weight is 287 g/mol. The molecule has 0 aromatic heterocycles. The highest BCUT2D eigenvalue weighted by molar-refractivity contribution is 5.94. The monoisotopic (exact) mass is 286 g/mol. The molecule has 3 nitrogen and oxygen atoms in total. The third kappa shape index (κ3) is 3.67. The number of halogens is 2. The number of hydrogen-bond donors (Lipinski definition) is 1. The van der Waals surface area contributed by atoms with Crippen molar-refractivity contribution in [1.82, 2.24) is 4.90 Å². The fraction of sp³-hybridized carbons (Fsp3) is 0.500. The first kappa shape index (κ1) is 15.9. The van der Waals surface area contributed by atoms with Crippen molar-refractivity contribution in [3.8, 4) is 0 Å². The second kappa shape index (κ2) is 6.87. The summed E-state index contributed by atoms with van der Waals surface area (Å²) in [7, 11) is 0. The van der Waals surface area contributed by atoms with Gasteiger partial charge in [0, 0.05) is 18.7 Å². The van der Waals surface area contributed by atoms with Gasteiger partial charge in [-0.3, -0.25) is 4.79 Å². The third-order valence-electron chi connectivity index (χ3n) is 3.56. The Bertz CT molecular complexity index is 453. The van der Waals surface area contributed by atoms with Crippen LogP contribution in [0.4, 0.5) is 4.39 Å². The summed E-state index contributed by atoms with van der Waals surface area (Å²) in [6.07, 6.45) is 2.05. The first-order chi connectivity index (χ1) is 8.61. The summed E-state index contributed by atoms with van der Waals surface area (Å²) in [6.45, 7) is 3.72. The topological polar surface area (TPSA) is 46.3 Å². The van der Waals surface area contributed by atoms with Gasteiger partial charge < -0.3 is 10.6 Å². The van der Waals surface area contributed by atoms with Crippen LogP contribution in [0.15, 0.2) is 18.2 Å². The zero-order valence-electron chi connectivity index (χ0n) is 11.1. The van der Waals surface area contributed by atoms with Gasteiger partial charge in [-0.2, -0.15) is 0 Å². The summed E-state index contributed by atoms with van der Waals surface area (Å²) in [4.78, 5) is 14.0. The average Bonchev–Trinajstić information content (AvgIpc) is 2.41. The molecule has 1 amide bonds. The molecule has 19 heavy (non-hydrogen) atoms. The van der Waals surface area contributed by atoms with E-state index in [1.54, 1.807) is 24.0 Å². The van der Waals surface area contributed by atoms with E-state index in [1.165, 1.54) is 6.07 Å². The van der Waals surface area contributed by atoms with E-state index in [2.05, 4.69) is 0 Å². The Morgan fingerprint density at radius 2 is 2.26 bits per heavy atom. The Kier molecular flexibility index (Phi) is 5.76. The SMILES string of the molecule is Cc1ccc(C(=O)N2CCCC(CN)C2)cc1F.Cl. The fourth-order valence-electron chi connectivity index (χ4n) is 2.35. The normalized spacial score (nSPS) is 18.9. The zero-order chi connectivity index (χ0) is 13.1. The van der Waals surface area contributed by atoms with E-state index in [0.29, 0.717) is 30.1 Å². The largest absolute Gasteiger partial charge is 0.338 e.